The van der Waals surface area contributed by atoms with Crippen molar-refractivity contribution < 1.29 is 14.6 Å². The van der Waals surface area contributed by atoms with Crippen molar-refractivity contribution >= 4 is 5.97 Å². The molecule has 0 saturated heterocycles. The van der Waals surface area contributed by atoms with E-state index in [0.29, 0.717) is 5.56 Å². The molecule has 0 heterocycles. The van der Waals surface area contributed by atoms with Crippen LogP contribution in [0.5, 0.6) is 5.75 Å². The molecular weight excluding hydrogens is 276 g/mol. The second kappa shape index (κ2) is 6.36. The van der Waals surface area contributed by atoms with Gasteiger partial charge in [0.25, 0.3) is 0 Å². The first-order valence-corrected chi connectivity index (χ1v) is 7.32. The van der Waals surface area contributed by atoms with E-state index in [2.05, 4.69) is 30.0 Å². The SMILES string of the molecule is O=C(O)C#Cc1ccc(OC2CCCc3ccccc32)cc1. The lowest BCUT2D eigenvalue weighted by Gasteiger charge is -2.26. The molecule has 0 saturated carbocycles. The average Bonchev–Trinajstić information content (AvgIpc) is 2.54. The summed E-state index contributed by atoms with van der Waals surface area (Å²) in [5, 5.41) is 8.54. The maximum absolute atomic E-state index is 10.4. The highest BCUT2D eigenvalue weighted by molar-refractivity contribution is 5.87. The first kappa shape index (κ1) is 14.2. The Hall–Kier alpha value is -2.73. The van der Waals surface area contributed by atoms with E-state index < -0.39 is 5.97 Å². The highest BCUT2D eigenvalue weighted by Crippen LogP contribution is 2.33. The Bertz CT molecular complexity index is 735. The van der Waals surface area contributed by atoms with E-state index in [-0.39, 0.29) is 6.10 Å². The quantitative estimate of drug-likeness (QED) is 0.861. The zero-order valence-electron chi connectivity index (χ0n) is 12.1. The Balaban J connectivity index is 1.75. The number of carboxylic acid groups (broad SMARTS) is 1. The Morgan fingerprint density at radius 2 is 1.91 bits per heavy atom. The van der Waals surface area contributed by atoms with Crippen LogP contribution in [0.1, 0.15) is 35.6 Å². The van der Waals surface area contributed by atoms with Gasteiger partial charge < -0.3 is 9.84 Å². The van der Waals surface area contributed by atoms with Gasteiger partial charge in [-0.15, -0.1) is 0 Å². The molecule has 0 radical (unpaired) electrons. The molecule has 0 amide bonds. The molecule has 2 aromatic carbocycles. The van der Waals surface area contributed by atoms with E-state index in [0.717, 1.165) is 25.0 Å². The fraction of sp³-hybridized carbons (Fsp3) is 0.211. The van der Waals surface area contributed by atoms with Crippen molar-refractivity contribution in [2.75, 3.05) is 0 Å². The van der Waals surface area contributed by atoms with Gasteiger partial charge in [0, 0.05) is 11.5 Å². The van der Waals surface area contributed by atoms with Gasteiger partial charge in [-0.05, 0) is 54.7 Å². The van der Waals surface area contributed by atoms with E-state index in [1.54, 1.807) is 12.1 Å². The van der Waals surface area contributed by atoms with Gasteiger partial charge in [0.05, 0.1) is 0 Å². The molecular formula is C19H16O3. The van der Waals surface area contributed by atoms with Crippen molar-refractivity contribution in [3.05, 3.63) is 65.2 Å². The van der Waals surface area contributed by atoms with Gasteiger partial charge in [-0.2, -0.15) is 0 Å². The van der Waals surface area contributed by atoms with Crippen LogP contribution in [-0.4, -0.2) is 11.1 Å². The molecule has 0 bridgehead atoms. The van der Waals surface area contributed by atoms with Crippen molar-refractivity contribution in [3.63, 3.8) is 0 Å². The molecule has 0 aliphatic heterocycles. The lowest BCUT2D eigenvalue weighted by atomic mass is 9.89. The van der Waals surface area contributed by atoms with Crippen molar-refractivity contribution in [2.24, 2.45) is 0 Å². The second-order valence-corrected chi connectivity index (χ2v) is 5.28. The minimum Gasteiger partial charge on any atom is -0.486 e. The van der Waals surface area contributed by atoms with Crippen molar-refractivity contribution in [1.82, 2.24) is 0 Å². The zero-order chi connectivity index (χ0) is 15.4. The summed E-state index contributed by atoms with van der Waals surface area (Å²) in [7, 11) is 0. The summed E-state index contributed by atoms with van der Waals surface area (Å²) in [5.41, 5.74) is 3.30. The smallest absolute Gasteiger partial charge is 0.382 e. The molecule has 110 valence electrons. The predicted molar refractivity (Wildman–Crippen MR) is 83.7 cm³/mol. The highest BCUT2D eigenvalue weighted by Gasteiger charge is 2.21. The van der Waals surface area contributed by atoms with Crippen molar-refractivity contribution in [3.8, 4) is 17.6 Å². The molecule has 1 N–H and O–H groups in total. The van der Waals surface area contributed by atoms with Gasteiger partial charge in [0.15, 0.2) is 0 Å². The minimum atomic E-state index is -1.13. The summed E-state index contributed by atoms with van der Waals surface area (Å²) in [6, 6.07) is 15.6. The van der Waals surface area contributed by atoms with Gasteiger partial charge in [0.1, 0.15) is 11.9 Å². The molecule has 1 aliphatic rings. The maximum atomic E-state index is 10.4. The van der Waals surface area contributed by atoms with Crippen LogP contribution in [0.4, 0.5) is 0 Å². The molecule has 22 heavy (non-hydrogen) atoms. The summed E-state index contributed by atoms with van der Waals surface area (Å²) < 4.78 is 6.10. The van der Waals surface area contributed by atoms with Crippen LogP contribution in [0.15, 0.2) is 48.5 Å². The van der Waals surface area contributed by atoms with E-state index in [9.17, 15) is 4.79 Å². The number of hydrogen-bond donors (Lipinski definition) is 1. The lowest BCUT2D eigenvalue weighted by molar-refractivity contribution is -0.130. The largest absolute Gasteiger partial charge is 0.486 e. The number of aryl methyl sites for hydroxylation is 1. The topological polar surface area (TPSA) is 46.5 Å². The molecule has 1 atom stereocenters. The zero-order valence-corrected chi connectivity index (χ0v) is 12.1. The standard InChI is InChI=1S/C19H16O3/c20-19(21)13-10-14-8-11-16(12-9-14)22-18-7-3-5-15-4-1-2-6-17(15)18/h1-2,4,6,8-9,11-12,18H,3,5,7H2,(H,20,21). The van der Waals surface area contributed by atoms with E-state index in [1.165, 1.54) is 11.1 Å². The summed E-state index contributed by atoms with van der Waals surface area (Å²) >= 11 is 0. The monoisotopic (exact) mass is 292 g/mol. The van der Waals surface area contributed by atoms with Gasteiger partial charge >= 0.3 is 5.97 Å². The van der Waals surface area contributed by atoms with Gasteiger partial charge in [-0.1, -0.05) is 30.2 Å². The molecule has 3 heteroatoms. The first-order valence-electron chi connectivity index (χ1n) is 7.32. The number of aliphatic carboxylic acids is 1. The van der Waals surface area contributed by atoms with Crippen LogP contribution in [-0.2, 0) is 11.2 Å². The fourth-order valence-corrected chi connectivity index (χ4v) is 2.74. The third-order valence-electron chi connectivity index (χ3n) is 3.76. The number of carbonyl (C=O) groups is 1. The maximum Gasteiger partial charge on any atom is 0.382 e. The number of rotatable bonds is 2. The summed E-state index contributed by atoms with van der Waals surface area (Å²) in [6.45, 7) is 0. The average molecular weight is 292 g/mol. The van der Waals surface area contributed by atoms with Crippen LogP contribution < -0.4 is 4.74 Å². The Kier molecular flexibility index (Phi) is 4.11. The Morgan fingerprint density at radius 1 is 1.14 bits per heavy atom. The van der Waals surface area contributed by atoms with Crippen LogP contribution in [0.2, 0.25) is 0 Å². The molecule has 0 aromatic heterocycles. The third kappa shape index (κ3) is 3.29. The summed E-state index contributed by atoms with van der Waals surface area (Å²) in [6.07, 6.45) is 3.34. The predicted octanol–water partition coefficient (Wildman–Crippen LogP) is 3.58. The van der Waals surface area contributed by atoms with Crippen LogP contribution in [0.3, 0.4) is 0 Å². The van der Waals surface area contributed by atoms with Crippen LogP contribution >= 0.6 is 0 Å². The highest BCUT2D eigenvalue weighted by atomic mass is 16.5. The summed E-state index contributed by atoms with van der Waals surface area (Å²) in [4.78, 5) is 10.4. The van der Waals surface area contributed by atoms with E-state index in [1.807, 2.05) is 18.2 Å². The number of carboxylic acids is 1. The summed E-state index contributed by atoms with van der Waals surface area (Å²) in [5.74, 6) is 4.34. The molecule has 1 unspecified atom stereocenters. The van der Waals surface area contributed by atoms with E-state index >= 15 is 0 Å². The molecule has 2 aromatic rings. The fourth-order valence-electron chi connectivity index (χ4n) is 2.74. The molecule has 0 spiro atoms. The third-order valence-corrected chi connectivity index (χ3v) is 3.76. The lowest BCUT2D eigenvalue weighted by Crippen LogP contribution is -2.15. The van der Waals surface area contributed by atoms with Crippen LogP contribution in [0, 0.1) is 11.8 Å². The van der Waals surface area contributed by atoms with Gasteiger partial charge in [0.2, 0.25) is 0 Å². The number of fused-ring (bicyclic) bond motifs is 1. The van der Waals surface area contributed by atoms with Gasteiger partial charge in [-0.25, -0.2) is 4.79 Å². The number of ether oxygens (including phenoxy) is 1. The Labute approximate surface area is 129 Å². The number of benzene rings is 2. The second-order valence-electron chi connectivity index (χ2n) is 5.28. The molecule has 1 aliphatic carbocycles. The first-order chi connectivity index (χ1) is 10.7. The van der Waals surface area contributed by atoms with E-state index in [4.69, 9.17) is 9.84 Å². The van der Waals surface area contributed by atoms with Crippen LogP contribution in [0.25, 0.3) is 0 Å². The van der Waals surface area contributed by atoms with Gasteiger partial charge in [-0.3, -0.25) is 0 Å². The number of hydrogen-bond acceptors (Lipinski definition) is 2. The van der Waals surface area contributed by atoms with Crippen molar-refractivity contribution in [1.29, 1.82) is 0 Å². The van der Waals surface area contributed by atoms with Crippen molar-refractivity contribution in [2.45, 2.75) is 25.4 Å². The molecule has 0 fully saturated rings. The molecule has 3 nitrogen and oxygen atoms in total. The minimum absolute atomic E-state index is 0.0842. The Morgan fingerprint density at radius 3 is 2.68 bits per heavy atom. The molecule has 3 rings (SSSR count). The normalized spacial score (nSPS) is 16.1.